The highest BCUT2D eigenvalue weighted by molar-refractivity contribution is 5.32. The molecule has 0 aliphatic heterocycles. The van der Waals surface area contributed by atoms with Gasteiger partial charge in [0.2, 0.25) is 0 Å². The average molecular weight is 86.1 g/mol. The first-order chi connectivity index (χ1) is 2.91. The largest absolute Gasteiger partial charge is 0.483 e. The summed E-state index contributed by atoms with van der Waals surface area (Å²) in [6.45, 7) is -0.250. The molecule has 1 N–H and O–H groups in total. The minimum Gasteiger partial charge on any atom is -0.483 e. The van der Waals surface area contributed by atoms with E-state index in [4.69, 9.17) is 9.90 Å². The van der Waals surface area contributed by atoms with E-state index in [1.165, 1.54) is 6.42 Å². The van der Waals surface area contributed by atoms with Crippen molar-refractivity contribution in [1.29, 1.82) is 0 Å². The Morgan fingerprint density at radius 1 is 1.67 bits per heavy atom. The van der Waals surface area contributed by atoms with Gasteiger partial charge in [0.1, 0.15) is 0 Å². The van der Waals surface area contributed by atoms with Gasteiger partial charge in [-0.1, -0.05) is 12.2 Å². The molecule has 0 radical (unpaired) electrons. The summed E-state index contributed by atoms with van der Waals surface area (Å²) in [4.78, 5) is 8.36. The molecule has 0 saturated carbocycles. The molecular formula is C4H6O2. The van der Waals surface area contributed by atoms with E-state index in [1.54, 1.807) is 0 Å². The first-order valence-electron chi connectivity index (χ1n) is 1.64. The van der Waals surface area contributed by atoms with Gasteiger partial charge in [-0.25, -0.2) is 0 Å². The van der Waals surface area contributed by atoms with Gasteiger partial charge < -0.3 is 5.11 Å². The highest BCUT2D eigenvalue weighted by Gasteiger charge is 1.75. The minimum atomic E-state index is -0.250. The smallest absolute Gasteiger partial charge is 0.290 e. The molecule has 6 heavy (non-hydrogen) atoms. The zero-order valence-electron chi connectivity index (χ0n) is 3.29. The number of allylic oxidation sites excluding steroid dienone is 2. The third kappa shape index (κ3) is 356. The van der Waals surface area contributed by atoms with E-state index in [9.17, 15) is 0 Å². The fourth-order valence-corrected chi connectivity index (χ4v) is 0. The lowest BCUT2D eigenvalue weighted by Crippen LogP contribution is -1.49. The lowest BCUT2D eigenvalue weighted by molar-refractivity contribution is -0.122. The monoisotopic (exact) mass is 86.0 g/mol. The highest BCUT2D eigenvalue weighted by Crippen LogP contribution is 1.96. The summed E-state index contributed by atoms with van der Waals surface area (Å²) >= 11 is 0. The van der Waals surface area contributed by atoms with Gasteiger partial charge in [0.05, 0.1) is 0 Å². The maximum atomic E-state index is 8.36. The molecule has 0 spiro atoms. The third-order valence-electron chi connectivity index (χ3n) is 0.236. The molecule has 0 fully saturated rings. The fraction of sp³-hybridized carbons (Fsp3) is 0.250. The van der Waals surface area contributed by atoms with Crippen LogP contribution < -0.4 is 0 Å². The molecule has 1 rings (SSSR count). The Labute approximate surface area is 36.1 Å². The van der Waals surface area contributed by atoms with E-state index < -0.39 is 0 Å². The van der Waals surface area contributed by atoms with Gasteiger partial charge in [0.15, 0.2) is 0 Å². The van der Waals surface area contributed by atoms with Gasteiger partial charge in [-0.05, 0) is 6.42 Å². The van der Waals surface area contributed by atoms with Crippen molar-refractivity contribution in [2.45, 2.75) is 6.42 Å². The molecule has 0 aromatic heterocycles. The summed E-state index contributed by atoms with van der Waals surface area (Å²) in [5, 5.41) is 6.89. The van der Waals surface area contributed by atoms with Crippen molar-refractivity contribution in [2.24, 2.45) is 0 Å². The first kappa shape index (κ1) is 5.21. The van der Waals surface area contributed by atoms with Crippen molar-refractivity contribution in [3.05, 3.63) is 12.2 Å². The number of hydrogen-bond acceptors (Lipinski definition) is 1. The van der Waals surface area contributed by atoms with E-state index in [1.807, 2.05) is 0 Å². The molecule has 0 amide bonds. The second-order valence-electron chi connectivity index (χ2n) is 0.813. The second-order valence-corrected chi connectivity index (χ2v) is 0.813. The van der Waals surface area contributed by atoms with E-state index in [0.29, 0.717) is 0 Å². The van der Waals surface area contributed by atoms with Gasteiger partial charge in [-0.2, -0.15) is 0 Å². The second kappa shape index (κ2) is 4.21. The topological polar surface area (TPSA) is 37.3 Å². The Kier molecular flexibility index (Phi) is 3.66. The van der Waals surface area contributed by atoms with Crippen LogP contribution in [0.25, 0.3) is 0 Å². The third-order valence-corrected chi connectivity index (χ3v) is 0.236. The summed E-state index contributed by atoms with van der Waals surface area (Å²) in [7, 11) is 0. The van der Waals surface area contributed by atoms with Gasteiger partial charge >= 0.3 is 0 Å². The molecule has 0 atom stereocenters. The highest BCUT2D eigenvalue weighted by atomic mass is 16.3. The molecular weight excluding hydrogens is 80.0 g/mol. The Bertz CT molecular complexity index is 52.6. The molecule has 0 bridgehead atoms. The predicted molar refractivity (Wildman–Crippen MR) is 22.4 cm³/mol. The molecule has 1 aliphatic rings. The average Bonchev–Trinajstić information content (AvgIpc) is 2.11. The predicted octanol–water partition coefficient (Wildman–Crippen LogP) is 0.647. The van der Waals surface area contributed by atoms with Crippen molar-refractivity contribution in [3.63, 3.8) is 0 Å². The number of hydrogen-bond donors (Lipinski definition) is 1. The Morgan fingerprint density at radius 3 is 1.83 bits per heavy atom. The van der Waals surface area contributed by atoms with Crippen LogP contribution in [0.4, 0.5) is 0 Å². The van der Waals surface area contributed by atoms with Crippen LogP contribution in [0.1, 0.15) is 6.42 Å². The molecule has 1 aliphatic carbocycles. The van der Waals surface area contributed by atoms with Crippen LogP contribution >= 0.6 is 0 Å². The Hall–Kier alpha value is -0.790. The van der Waals surface area contributed by atoms with Crippen molar-refractivity contribution < 1.29 is 9.90 Å². The molecule has 34 valence electrons. The number of rotatable bonds is 0. The SMILES string of the molecule is C1=CC1.O=CO. The Balaban J connectivity index is 0.0000000833. The number of carboxylic acid groups (broad SMARTS) is 1. The lowest BCUT2D eigenvalue weighted by Gasteiger charge is -1.34. The van der Waals surface area contributed by atoms with Crippen molar-refractivity contribution >= 4 is 6.47 Å². The van der Waals surface area contributed by atoms with Crippen LogP contribution in [-0.4, -0.2) is 11.6 Å². The first-order valence-corrected chi connectivity index (χ1v) is 1.64. The summed E-state index contributed by atoms with van der Waals surface area (Å²) in [6, 6.07) is 0. The maximum absolute atomic E-state index is 8.36. The van der Waals surface area contributed by atoms with Gasteiger partial charge in [0.25, 0.3) is 6.47 Å². The standard InChI is InChI=1S/C3H4.CH2O2/c1-2-3-1;2-1-3/h1-2H,3H2;1H,(H,2,3). The van der Waals surface area contributed by atoms with Gasteiger partial charge in [-0.15, -0.1) is 0 Å². The molecule has 0 heterocycles. The van der Waals surface area contributed by atoms with E-state index >= 15 is 0 Å². The fourth-order valence-electron chi connectivity index (χ4n) is 0. The van der Waals surface area contributed by atoms with Gasteiger partial charge in [-0.3, -0.25) is 4.79 Å². The van der Waals surface area contributed by atoms with Gasteiger partial charge in [0, 0.05) is 0 Å². The van der Waals surface area contributed by atoms with E-state index in [2.05, 4.69) is 12.2 Å². The molecule has 2 nitrogen and oxygen atoms in total. The van der Waals surface area contributed by atoms with Crippen molar-refractivity contribution in [3.8, 4) is 0 Å². The normalized spacial score (nSPS) is 11.3. The summed E-state index contributed by atoms with van der Waals surface area (Å²) in [5.74, 6) is 0. The van der Waals surface area contributed by atoms with E-state index in [0.717, 1.165) is 0 Å². The quantitative estimate of drug-likeness (QED) is 0.347. The van der Waals surface area contributed by atoms with Crippen LogP contribution in [0.5, 0.6) is 0 Å². The van der Waals surface area contributed by atoms with Crippen LogP contribution in [0, 0.1) is 0 Å². The van der Waals surface area contributed by atoms with E-state index in [-0.39, 0.29) is 6.47 Å². The molecule has 2 heteroatoms. The van der Waals surface area contributed by atoms with Crippen LogP contribution in [0.15, 0.2) is 12.2 Å². The Morgan fingerprint density at radius 2 is 1.83 bits per heavy atom. The van der Waals surface area contributed by atoms with Crippen LogP contribution in [-0.2, 0) is 4.79 Å². The van der Waals surface area contributed by atoms with Crippen LogP contribution in [0.2, 0.25) is 0 Å². The summed E-state index contributed by atoms with van der Waals surface area (Å²) in [5.41, 5.74) is 0. The maximum Gasteiger partial charge on any atom is 0.290 e. The summed E-state index contributed by atoms with van der Waals surface area (Å²) < 4.78 is 0. The molecule has 0 saturated heterocycles. The van der Waals surface area contributed by atoms with Crippen molar-refractivity contribution in [1.82, 2.24) is 0 Å². The molecule has 0 unspecified atom stereocenters. The zero-order valence-corrected chi connectivity index (χ0v) is 3.29. The van der Waals surface area contributed by atoms with Crippen LogP contribution in [0.3, 0.4) is 0 Å². The number of carbonyl (C=O) groups is 1. The summed E-state index contributed by atoms with van der Waals surface area (Å²) in [6.07, 6.45) is 5.50. The lowest BCUT2D eigenvalue weighted by atomic mass is 10.9. The minimum absolute atomic E-state index is 0.250. The molecule has 0 aromatic rings. The molecule has 0 aromatic carbocycles. The van der Waals surface area contributed by atoms with Crippen molar-refractivity contribution in [2.75, 3.05) is 0 Å². The zero-order chi connectivity index (χ0) is 4.83.